The maximum Gasteiger partial charge on any atom is 0.123 e. The van der Waals surface area contributed by atoms with Crippen LogP contribution in [0.25, 0.3) is 0 Å². The summed E-state index contributed by atoms with van der Waals surface area (Å²) in [6, 6.07) is 5.79. The number of benzene rings is 1. The summed E-state index contributed by atoms with van der Waals surface area (Å²) < 4.78 is 23.8. The Hall–Kier alpha value is -1.17. The molecule has 1 fully saturated rings. The molecule has 5 heteroatoms. The van der Waals surface area contributed by atoms with Gasteiger partial charge in [-0.15, -0.1) is 0 Å². The van der Waals surface area contributed by atoms with E-state index in [4.69, 9.17) is 9.47 Å². The van der Waals surface area contributed by atoms with Gasteiger partial charge in [-0.3, -0.25) is 4.90 Å². The van der Waals surface area contributed by atoms with Gasteiger partial charge in [-0.25, -0.2) is 4.39 Å². The van der Waals surface area contributed by atoms with Gasteiger partial charge in [-0.2, -0.15) is 0 Å². The summed E-state index contributed by atoms with van der Waals surface area (Å²) in [5, 5.41) is 10.0. The third kappa shape index (κ3) is 4.74. The monoisotopic (exact) mass is 283 g/mol. The molecule has 1 N–H and O–H groups in total. The first-order valence-electron chi connectivity index (χ1n) is 6.97. The molecule has 2 rings (SSSR count). The van der Waals surface area contributed by atoms with Crippen molar-refractivity contribution in [1.82, 2.24) is 4.90 Å². The second-order valence-corrected chi connectivity index (χ2v) is 5.39. The molecule has 3 atom stereocenters. The fourth-order valence-corrected chi connectivity index (χ4v) is 2.51. The predicted octanol–water partition coefficient (Wildman–Crippen LogP) is 1.67. The third-order valence-electron chi connectivity index (χ3n) is 3.22. The van der Waals surface area contributed by atoms with Crippen LogP contribution < -0.4 is 4.74 Å². The summed E-state index contributed by atoms with van der Waals surface area (Å²) in [4.78, 5) is 2.18. The average Bonchev–Trinajstić information content (AvgIpc) is 2.37. The molecule has 0 unspecified atom stereocenters. The van der Waals surface area contributed by atoms with Crippen LogP contribution >= 0.6 is 0 Å². The molecular formula is C15H22FNO3. The van der Waals surface area contributed by atoms with Crippen molar-refractivity contribution in [3.8, 4) is 5.75 Å². The molecule has 1 aromatic carbocycles. The molecule has 112 valence electrons. The highest BCUT2D eigenvalue weighted by molar-refractivity contribution is 5.22. The van der Waals surface area contributed by atoms with E-state index < -0.39 is 6.10 Å². The number of aliphatic hydroxyl groups is 1. The van der Waals surface area contributed by atoms with Gasteiger partial charge in [0.15, 0.2) is 0 Å². The molecule has 0 aliphatic carbocycles. The topological polar surface area (TPSA) is 41.9 Å². The van der Waals surface area contributed by atoms with E-state index in [0.29, 0.717) is 12.3 Å². The molecular weight excluding hydrogens is 261 g/mol. The standard InChI is InChI=1S/C15H22FNO3/c1-11-7-17(8-12(2)20-11)9-14(18)10-19-15-5-3-13(16)4-6-15/h3-6,11-12,14,18H,7-10H2,1-2H3/t11-,12-,14-/m1/s1. The molecule has 1 aromatic rings. The Morgan fingerprint density at radius 2 is 1.90 bits per heavy atom. The Morgan fingerprint density at radius 3 is 2.50 bits per heavy atom. The van der Waals surface area contributed by atoms with Crippen molar-refractivity contribution in [3.05, 3.63) is 30.1 Å². The van der Waals surface area contributed by atoms with E-state index in [-0.39, 0.29) is 24.6 Å². The molecule has 0 saturated carbocycles. The highest BCUT2D eigenvalue weighted by Gasteiger charge is 2.23. The fourth-order valence-electron chi connectivity index (χ4n) is 2.51. The number of hydrogen-bond donors (Lipinski definition) is 1. The van der Waals surface area contributed by atoms with Crippen LogP contribution in [0.2, 0.25) is 0 Å². The molecule has 0 spiro atoms. The van der Waals surface area contributed by atoms with Gasteiger partial charge in [-0.1, -0.05) is 0 Å². The summed E-state index contributed by atoms with van der Waals surface area (Å²) >= 11 is 0. The largest absolute Gasteiger partial charge is 0.491 e. The van der Waals surface area contributed by atoms with Crippen LogP contribution in [0, 0.1) is 5.82 Å². The van der Waals surface area contributed by atoms with Crippen molar-refractivity contribution in [2.24, 2.45) is 0 Å². The lowest BCUT2D eigenvalue weighted by Crippen LogP contribution is -2.48. The summed E-state index contributed by atoms with van der Waals surface area (Å²) in [7, 11) is 0. The van der Waals surface area contributed by atoms with Gasteiger partial charge in [0.25, 0.3) is 0 Å². The number of hydrogen-bond acceptors (Lipinski definition) is 4. The van der Waals surface area contributed by atoms with Gasteiger partial charge >= 0.3 is 0 Å². The number of β-amino-alcohol motifs (C(OH)–C–C–N with tert-alkyl or cyclic N) is 1. The maximum atomic E-state index is 12.7. The molecule has 0 radical (unpaired) electrons. The van der Waals surface area contributed by atoms with Crippen LogP contribution in [0.5, 0.6) is 5.75 Å². The van der Waals surface area contributed by atoms with Crippen molar-refractivity contribution in [2.75, 3.05) is 26.2 Å². The fraction of sp³-hybridized carbons (Fsp3) is 0.600. The zero-order valence-corrected chi connectivity index (χ0v) is 12.0. The van der Waals surface area contributed by atoms with Crippen LogP contribution in [0.3, 0.4) is 0 Å². The Morgan fingerprint density at radius 1 is 1.30 bits per heavy atom. The quantitative estimate of drug-likeness (QED) is 0.892. The summed E-state index contributed by atoms with van der Waals surface area (Å²) in [6.45, 7) is 6.45. The van der Waals surface area contributed by atoms with Crippen molar-refractivity contribution < 1.29 is 19.0 Å². The van der Waals surface area contributed by atoms with Crippen LogP contribution in [0.1, 0.15) is 13.8 Å². The first-order chi connectivity index (χ1) is 9.52. The van der Waals surface area contributed by atoms with Crippen molar-refractivity contribution >= 4 is 0 Å². The number of halogens is 1. The molecule has 0 amide bonds. The van der Waals surface area contributed by atoms with Crippen molar-refractivity contribution in [2.45, 2.75) is 32.2 Å². The number of aliphatic hydroxyl groups excluding tert-OH is 1. The van der Waals surface area contributed by atoms with Gasteiger partial charge in [0.2, 0.25) is 0 Å². The molecule has 1 heterocycles. The van der Waals surface area contributed by atoms with Gasteiger partial charge in [0.1, 0.15) is 24.3 Å². The lowest BCUT2D eigenvalue weighted by molar-refractivity contribution is -0.0786. The molecule has 1 saturated heterocycles. The minimum atomic E-state index is -0.572. The van der Waals surface area contributed by atoms with Crippen molar-refractivity contribution in [3.63, 3.8) is 0 Å². The van der Waals surface area contributed by atoms with Crippen LogP contribution in [-0.2, 0) is 4.74 Å². The van der Waals surface area contributed by atoms with Crippen LogP contribution in [-0.4, -0.2) is 54.6 Å². The molecule has 0 aromatic heterocycles. The molecule has 0 bridgehead atoms. The van der Waals surface area contributed by atoms with E-state index in [9.17, 15) is 9.50 Å². The van der Waals surface area contributed by atoms with Gasteiger partial charge < -0.3 is 14.6 Å². The lowest BCUT2D eigenvalue weighted by Gasteiger charge is -2.36. The third-order valence-corrected chi connectivity index (χ3v) is 3.22. The number of morpholine rings is 1. The lowest BCUT2D eigenvalue weighted by atomic mass is 10.2. The van der Waals surface area contributed by atoms with Gasteiger partial charge in [0, 0.05) is 19.6 Å². The minimum absolute atomic E-state index is 0.184. The van der Waals surface area contributed by atoms with Crippen LogP contribution in [0.4, 0.5) is 4.39 Å². The van der Waals surface area contributed by atoms with Gasteiger partial charge in [0.05, 0.1) is 12.2 Å². The first-order valence-corrected chi connectivity index (χ1v) is 6.97. The number of nitrogens with zero attached hydrogens (tertiary/aromatic N) is 1. The summed E-state index contributed by atoms with van der Waals surface area (Å²) in [5.74, 6) is 0.267. The highest BCUT2D eigenvalue weighted by atomic mass is 19.1. The van der Waals surface area contributed by atoms with E-state index in [2.05, 4.69) is 4.90 Å². The average molecular weight is 283 g/mol. The Balaban J connectivity index is 1.74. The van der Waals surface area contributed by atoms with E-state index in [1.165, 1.54) is 12.1 Å². The minimum Gasteiger partial charge on any atom is -0.491 e. The smallest absolute Gasteiger partial charge is 0.123 e. The second-order valence-electron chi connectivity index (χ2n) is 5.39. The van der Waals surface area contributed by atoms with Gasteiger partial charge in [-0.05, 0) is 38.1 Å². The van der Waals surface area contributed by atoms with E-state index in [1.54, 1.807) is 12.1 Å². The Labute approximate surface area is 119 Å². The Bertz CT molecular complexity index is 402. The SMILES string of the molecule is C[C@@H]1CN(C[C@@H](O)COc2ccc(F)cc2)C[C@@H](C)O1. The zero-order valence-electron chi connectivity index (χ0n) is 12.0. The summed E-state index contributed by atoms with van der Waals surface area (Å²) in [5.41, 5.74) is 0. The second kappa shape index (κ2) is 7.02. The highest BCUT2D eigenvalue weighted by Crippen LogP contribution is 2.13. The number of ether oxygens (including phenoxy) is 2. The number of rotatable bonds is 5. The van der Waals surface area contributed by atoms with Crippen molar-refractivity contribution in [1.29, 1.82) is 0 Å². The summed E-state index contributed by atoms with van der Waals surface area (Å²) in [6.07, 6.45) is -0.203. The van der Waals surface area contributed by atoms with E-state index in [0.717, 1.165) is 13.1 Å². The first kappa shape index (κ1) is 15.2. The zero-order chi connectivity index (χ0) is 14.5. The van der Waals surface area contributed by atoms with E-state index in [1.807, 2.05) is 13.8 Å². The predicted molar refractivity (Wildman–Crippen MR) is 74.4 cm³/mol. The molecule has 1 aliphatic rings. The Kier molecular flexibility index (Phi) is 5.34. The normalized spacial score (nSPS) is 25.4. The molecule has 20 heavy (non-hydrogen) atoms. The maximum absolute atomic E-state index is 12.7. The van der Waals surface area contributed by atoms with Crippen LogP contribution in [0.15, 0.2) is 24.3 Å². The van der Waals surface area contributed by atoms with E-state index >= 15 is 0 Å². The molecule has 1 aliphatic heterocycles. The molecule has 4 nitrogen and oxygen atoms in total.